The van der Waals surface area contributed by atoms with E-state index in [1.165, 1.54) is 5.56 Å². The van der Waals surface area contributed by atoms with Gasteiger partial charge in [0.2, 0.25) is 5.91 Å². The van der Waals surface area contributed by atoms with Gasteiger partial charge in [-0.25, -0.2) is 0 Å². The van der Waals surface area contributed by atoms with E-state index in [2.05, 4.69) is 32.2 Å². The highest BCUT2D eigenvalue weighted by Crippen LogP contribution is 2.13. The number of amides is 1. The maximum atomic E-state index is 12.0. The second-order valence-electron chi connectivity index (χ2n) is 5.98. The summed E-state index contributed by atoms with van der Waals surface area (Å²) in [4.78, 5) is 12.0. The number of benzene rings is 1. The van der Waals surface area contributed by atoms with E-state index < -0.39 is 0 Å². The lowest BCUT2D eigenvalue weighted by molar-refractivity contribution is -0.116. The summed E-state index contributed by atoms with van der Waals surface area (Å²) in [5.41, 5.74) is 2.37. The molecule has 2 aromatic rings. The minimum atomic E-state index is -0.0640. The number of carbonyl (C=O) groups excluding carboxylic acids is 1. The van der Waals surface area contributed by atoms with Crippen LogP contribution >= 0.6 is 0 Å². The molecule has 2 heterocycles. The molecule has 1 N–H and O–H groups in total. The molecule has 23 heavy (non-hydrogen) atoms. The molecule has 0 aliphatic carbocycles. The van der Waals surface area contributed by atoms with Gasteiger partial charge in [-0.2, -0.15) is 0 Å². The third-order valence-corrected chi connectivity index (χ3v) is 4.14. The first kappa shape index (κ1) is 15.5. The fourth-order valence-corrected chi connectivity index (χ4v) is 2.84. The van der Waals surface area contributed by atoms with Crippen LogP contribution < -0.4 is 5.32 Å². The Balaban J connectivity index is 1.48. The minimum Gasteiger partial charge on any atom is -0.345 e. The summed E-state index contributed by atoms with van der Waals surface area (Å²) in [5, 5.41) is 11.2. The molecule has 0 spiro atoms. The number of nitrogens with one attached hydrogen (secondary N) is 1. The second kappa shape index (κ2) is 7.22. The van der Waals surface area contributed by atoms with Crippen molar-refractivity contribution in [1.29, 1.82) is 0 Å². The Labute approximate surface area is 136 Å². The van der Waals surface area contributed by atoms with E-state index in [-0.39, 0.29) is 5.91 Å². The van der Waals surface area contributed by atoms with Crippen LogP contribution in [0.2, 0.25) is 0 Å². The van der Waals surface area contributed by atoms with Crippen LogP contribution in [0.15, 0.2) is 42.0 Å². The van der Waals surface area contributed by atoms with E-state index in [1.54, 1.807) is 6.08 Å². The Bertz CT molecular complexity index is 703. The molecule has 0 bridgehead atoms. The summed E-state index contributed by atoms with van der Waals surface area (Å²) < 4.78 is 2.10. The Morgan fingerprint density at radius 1 is 1.30 bits per heavy atom. The summed E-state index contributed by atoms with van der Waals surface area (Å²) in [6.07, 6.45) is 5.62. The fraction of sp³-hybridized carbons (Fsp3) is 0.389. The molecule has 120 valence electrons. The van der Waals surface area contributed by atoms with Crippen molar-refractivity contribution in [3.05, 3.63) is 59.2 Å². The van der Waals surface area contributed by atoms with Gasteiger partial charge in [0.25, 0.3) is 0 Å². The van der Waals surface area contributed by atoms with Crippen molar-refractivity contribution in [1.82, 2.24) is 20.1 Å². The molecular formula is C18H22N4O. The van der Waals surface area contributed by atoms with Gasteiger partial charge in [0.15, 0.2) is 5.82 Å². The average Bonchev–Trinajstić information content (AvgIpc) is 3.16. The normalized spacial score (nSPS) is 13.9. The van der Waals surface area contributed by atoms with Gasteiger partial charge in [0.1, 0.15) is 5.82 Å². The molecule has 0 atom stereocenters. The van der Waals surface area contributed by atoms with E-state index in [0.717, 1.165) is 49.4 Å². The lowest BCUT2D eigenvalue weighted by atomic mass is 10.1. The maximum absolute atomic E-state index is 12.0. The Hall–Kier alpha value is -2.43. The van der Waals surface area contributed by atoms with Crippen molar-refractivity contribution in [3.63, 3.8) is 0 Å². The highest BCUT2D eigenvalue weighted by atomic mass is 16.1. The summed E-state index contributed by atoms with van der Waals surface area (Å²) in [6.45, 7) is 3.39. The van der Waals surface area contributed by atoms with Gasteiger partial charge in [-0.1, -0.05) is 35.9 Å². The maximum Gasteiger partial charge on any atom is 0.244 e. The van der Waals surface area contributed by atoms with Crippen LogP contribution in [0.1, 0.15) is 37.0 Å². The number of allylic oxidation sites excluding steroid dienone is 1. The molecule has 0 radical (unpaired) electrons. The summed E-state index contributed by atoms with van der Waals surface area (Å²) in [6, 6.07) is 10.3. The highest BCUT2D eigenvalue weighted by Gasteiger charge is 2.17. The number of hydrogen-bond acceptors (Lipinski definition) is 3. The van der Waals surface area contributed by atoms with Gasteiger partial charge in [0, 0.05) is 19.0 Å². The van der Waals surface area contributed by atoms with Crippen molar-refractivity contribution in [2.75, 3.05) is 0 Å². The molecule has 1 amide bonds. The van der Waals surface area contributed by atoms with Crippen LogP contribution in [0.3, 0.4) is 0 Å². The van der Waals surface area contributed by atoms with Gasteiger partial charge in [-0.3, -0.25) is 4.79 Å². The smallest absolute Gasteiger partial charge is 0.244 e. The number of fused-ring (bicyclic) bond motifs is 1. The van der Waals surface area contributed by atoms with E-state index in [9.17, 15) is 4.79 Å². The predicted molar refractivity (Wildman–Crippen MR) is 88.7 cm³/mol. The molecule has 0 fully saturated rings. The van der Waals surface area contributed by atoms with Crippen LogP contribution in [-0.4, -0.2) is 20.7 Å². The standard InChI is InChI=1S/C18H22N4O/c1-14(9-10-15-6-3-2-4-7-15)12-18(23)19-13-17-21-20-16-8-5-11-22(16)17/h2-4,6-7,12H,5,8-11,13H2,1H3,(H,19,23)/b14-12-. The van der Waals surface area contributed by atoms with Gasteiger partial charge < -0.3 is 9.88 Å². The Morgan fingerprint density at radius 2 is 2.13 bits per heavy atom. The molecule has 1 aromatic carbocycles. The molecule has 5 nitrogen and oxygen atoms in total. The third-order valence-electron chi connectivity index (χ3n) is 4.14. The monoisotopic (exact) mass is 310 g/mol. The van der Waals surface area contributed by atoms with Crippen molar-refractivity contribution < 1.29 is 4.79 Å². The number of nitrogens with zero attached hydrogens (tertiary/aromatic N) is 3. The SMILES string of the molecule is C/C(=C/C(=O)NCc1nnc2n1CCC2)CCc1ccccc1. The van der Waals surface area contributed by atoms with Crippen LogP contribution in [0.5, 0.6) is 0 Å². The van der Waals surface area contributed by atoms with Crippen molar-refractivity contribution in [2.45, 2.75) is 45.7 Å². The molecule has 0 saturated carbocycles. The van der Waals surface area contributed by atoms with Gasteiger partial charge in [0.05, 0.1) is 6.54 Å². The molecular weight excluding hydrogens is 288 g/mol. The molecule has 3 rings (SSSR count). The van der Waals surface area contributed by atoms with Crippen LogP contribution in [0.4, 0.5) is 0 Å². The van der Waals surface area contributed by atoms with E-state index in [0.29, 0.717) is 6.54 Å². The second-order valence-corrected chi connectivity index (χ2v) is 5.98. The van der Waals surface area contributed by atoms with E-state index in [4.69, 9.17) is 0 Å². The summed E-state index contributed by atoms with van der Waals surface area (Å²) in [7, 11) is 0. The number of aryl methyl sites for hydroxylation is 2. The Kier molecular flexibility index (Phi) is 4.86. The number of hydrogen-bond donors (Lipinski definition) is 1. The molecule has 5 heteroatoms. The zero-order valence-corrected chi connectivity index (χ0v) is 13.5. The first-order valence-electron chi connectivity index (χ1n) is 8.12. The lowest BCUT2D eigenvalue weighted by Gasteiger charge is -2.05. The summed E-state index contributed by atoms with van der Waals surface area (Å²) in [5.74, 6) is 1.82. The number of carbonyl (C=O) groups is 1. The van der Waals surface area contributed by atoms with E-state index in [1.807, 2.05) is 25.1 Å². The topological polar surface area (TPSA) is 59.8 Å². The van der Waals surface area contributed by atoms with Crippen molar-refractivity contribution in [3.8, 4) is 0 Å². The summed E-state index contributed by atoms with van der Waals surface area (Å²) >= 11 is 0. The molecule has 0 saturated heterocycles. The van der Waals surface area contributed by atoms with Gasteiger partial charge in [-0.05, 0) is 31.7 Å². The van der Waals surface area contributed by atoms with Gasteiger partial charge in [-0.15, -0.1) is 10.2 Å². The largest absolute Gasteiger partial charge is 0.345 e. The van der Waals surface area contributed by atoms with Gasteiger partial charge >= 0.3 is 0 Å². The average molecular weight is 310 g/mol. The fourth-order valence-electron chi connectivity index (χ4n) is 2.84. The van der Waals surface area contributed by atoms with E-state index >= 15 is 0 Å². The quantitative estimate of drug-likeness (QED) is 0.834. The molecule has 1 aliphatic heterocycles. The van der Waals surface area contributed by atoms with Crippen LogP contribution in [-0.2, 0) is 30.7 Å². The minimum absolute atomic E-state index is 0.0640. The van der Waals surface area contributed by atoms with Crippen molar-refractivity contribution >= 4 is 5.91 Å². The highest BCUT2D eigenvalue weighted by molar-refractivity contribution is 5.88. The first-order chi connectivity index (χ1) is 11.2. The molecule has 0 unspecified atom stereocenters. The zero-order valence-electron chi connectivity index (χ0n) is 13.5. The van der Waals surface area contributed by atoms with Crippen LogP contribution in [0, 0.1) is 0 Å². The zero-order chi connectivity index (χ0) is 16.1. The Morgan fingerprint density at radius 3 is 2.96 bits per heavy atom. The molecule has 1 aliphatic rings. The lowest BCUT2D eigenvalue weighted by Crippen LogP contribution is -2.23. The number of aromatic nitrogens is 3. The number of rotatable bonds is 6. The third kappa shape index (κ3) is 4.06. The van der Waals surface area contributed by atoms with Crippen molar-refractivity contribution in [2.24, 2.45) is 0 Å². The molecule has 1 aromatic heterocycles. The van der Waals surface area contributed by atoms with Crippen LogP contribution in [0.25, 0.3) is 0 Å². The first-order valence-corrected chi connectivity index (χ1v) is 8.12. The predicted octanol–water partition coefficient (Wildman–Crippen LogP) is 2.42.